The standard InChI is InChI=1S/C26H35N3O8/c1-17(30)36-22(25(34)37-26(2,3)4)21-24(33)29(13-14-35-21)19-10-8-9-18(15-19)23(32)27(5)16-20(31)28-11-6-7-12-28/h8-10,15,21-22H,6-7,11-14,16H2,1-5H3. The summed E-state index contributed by atoms with van der Waals surface area (Å²) in [6.45, 7) is 7.70. The Morgan fingerprint density at radius 2 is 1.81 bits per heavy atom. The van der Waals surface area contributed by atoms with Gasteiger partial charge in [0.15, 0.2) is 6.10 Å². The highest BCUT2D eigenvalue weighted by Crippen LogP contribution is 2.24. The molecule has 0 saturated carbocycles. The van der Waals surface area contributed by atoms with Gasteiger partial charge < -0.3 is 28.9 Å². The number of carbonyl (C=O) groups is 5. The fourth-order valence-corrected chi connectivity index (χ4v) is 4.22. The lowest BCUT2D eigenvalue weighted by molar-refractivity contribution is -0.188. The van der Waals surface area contributed by atoms with E-state index >= 15 is 0 Å². The highest BCUT2D eigenvalue weighted by atomic mass is 16.6. The number of ether oxygens (including phenoxy) is 3. The summed E-state index contributed by atoms with van der Waals surface area (Å²) < 4.78 is 16.0. The highest BCUT2D eigenvalue weighted by Gasteiger charge is 2.44. The van der Waals surface area contributed by atoms with Crippen LogP contribution in [-0.4, -0.2) is 97.1 Å². The summed E-state index contributed by atoms with van der Waals surface area (Å²) in [6, 6.07) is 6.44. The normalized spacial score (nSPS) is 18.8. The molecule has 0 N–H and O–H groups in total. The maximum atomic E-state index is 13.4. The second kappa shape index (κ2) is 11.7. The average Bonchev–Trinajstić information content (AvgIpc) is 3.36. The zero-order valence-electron chi connectivity index (χ0n) is 22.0. The van der Waals surface area contributed by atoms with E-state index in [0.717, 1.165) is 19.8 Å². The molecule has 11 heteroatoms. The van der Waals surface area contributed by atoms with Crippen LogP contribution in [0, 0.1) is 0 Å². The lowest BCUT2D eigenvalue weighted by atomic mass is 10.1. The topological polar surface area (TPSA) is 123 Å². The van der Waals surface area contributed by atoms with Crippen LogP contribution in [0.4, 0.5) is 5.69 Å². The molecule has 3 rings (SSSR count). The Balaban J connectivity index is 1.76. The summed E-state index contributed by atoms with van der Waals surface area (Å²) in [5.74, 6) is -2.72. The molecule has 0 radical (unpaired) electrons. The van der Waals surface area contributed by atoms with Crippen LogP contribution in [0.2, 0.25) is 0 Å². The number of hydrogen-bond donors (Lipinski definition) is 0. The Morgan fingerprint density at radius 3 is 2.43 bits per heavy atom. The van der Waals surface area contributed by atoms with Crippen LogP contribution in [0.1, 0.15) is 50.9 Å². The van der Waals surface area contributed by atoms with E-state index in [0.29, 0.717) is 24.3 Å². The molecule has 1 aromatic rings. The Hall–Kier alpha value is -3.47. The van der Waals surface area contributed by atoms with Gasteiger partial charge in [0, 0.05) is 44.9 Å². The minimum atomic E-state index is -1.58. The van der Waals surface area contributed by atoms with Crippen molar-refractivity contribution in [3.05, 3.63) is 29.8 Å². The smallest absolute Gasteiger partial charge is 0.351 e. The molecule has 3 amide bonds. The number of hydrogen-bond acceptors (Lipinski definition) is 8. The Morgan fingerprint density at radius 1 is 1.14 bits per heavy atom. The average molecular weight is 518 g/mol. The number of likely N-dealkylation sites (N-methyl/N-ethyl adjacent to an activating group) is 1. The van der Waals surface area contributed by atoms with Crippen LogP contribution in [0.3, 0.4) is 0 Å². The molecular weight excluding hydrogens is 482 g/mol. The molecule has 0 bridgehead atoms. The molecule has 37 heavy (non-hydrogen) atoms. The van der Waals surface area contributed by atoms with E-state index in [1.54, 1.807) is 57.0 Å². The minimum Gasteiger partial charge on any atom is -0.457 e. The number of esters is 2. The number of benzene rings is 1. The summed E-state index contributed by atoms with van der Waals surface area (Å²) in [5.41, 5.74) is -0.160. The number of carbonyl (C=O) groups excluding carboxylic acids is 5. The van der Waals surface area contributed by atoms with Gasteiger partial charge in [-0.2, -0.15) is 0 Å². The third-order valence-electron chi connectivity index (χ3n) is 5.91. The van der Waals surface area contributed by atoms with Crippen LogP contribution < -0.4 is 4.90 Å². The first kappa shape index (κ1) is 28.1. The van der Waals surface area contributed by atoms with Crippen molar-refractivity contribution in [2.24, 2.45) is 0 Å². The molecule has 2 atom stereocenters. The molecular formula is C26H35N3O8. The highest BCUT2D eigenvalue weighted by molar-refractivity contribution is 6.02. The number of likely N-dealkylation sites (tertiary alicyclic amines) is 1. The summed E-state index contributed by atoms with van der Waals surface area (Å²) >= 11 is 0. The molecule has 2 aliphatic rings. The largest absolute Gasteiger partial charge is 0.457 e. The summed E-state index contributed by atoms with van der Waals surface area (Å²) in [4.78, 5) is 67.8. The van der Waals surface area contributed by atoms with Crippen molar-refractivity contribution in [1.29, 1.82) is 0 Å². The van der Waals surface area contributed by atoms with Gasteiger partial charge in [0.1, 0.15) is 5.60 Å². The van der Waals surface area contributed by atoms with Crippen molar-refractivity contribution in [1.82, 2.24) is 9.80 Å². The summed E-state index contributed by atoms with van der Waals surface area (Å²) in [7, 11) is 1.56. The molecule has 2 heterocycles. The van der Waals surface area contributed by atoms with Crippen LogP contribution >= 0.6 is 0 Å². The molecule has 0 spiro atoms. The van der Waals surface area contributed by atoms with E-state index in [4.69, 9.17) is 14.2 Å². The summed E-state index contributed by atoms with van der Waals surface area (Å²) in [5, 5.41) is 0. The second-order valence-corrected chi connectivity index (χ2v) is 10.1. The third kappa shape index (κ3) is 7.28. The van der Waals surface area contributed by atoms with Crippen LogP contribution in [-0.2, 0) is 33.4 Å². The molecule has 1 aromatic carbocycles. The molecule has 2 saturated heterocycles. The predicted molar refractivity (Wildman–Crippen MR) is 133 cm³/mol. The minimum absolute atomic E-state index is 0.0401. The third-order valence-corrected chi connectivity index (χ3v) is 5.91. The Kier molecular flexibility index (Phi) is 8.90. The van der Waals surface area contributed by atoms with Crippen LogP contribution in [0.25, 0.3) is 0 Å². The predicted octanol–water partition coefficient (Wildman–Crippen LogP) is 1.39. The van der Waals surface area contributed by atoms with Crippen molar-refractivity contribution in [3.63, 3.8) is 0 Å². The lowest BCUT2D eigenvalue weighted by Crippen LogP contribution is -2.56. The van der Waals surface area contributed by atoms with E-state index in [1.807, 2.05) is 0 Å². The monoisotopic (exact) mass is 517 g/mol. The van der Waals surface area contributed by atoms with Gasteiger partial charge in [-0.05, 0) is 51.8 Å². The van der Waals surface area contributed by atoms with E-state index in [-0.39, 0.29) is 31.5 Å². The van der Waals surface area contributed by atoms with Crippen LogP contribution in [0.15, 0.2) is 24.3 Å². The van der Waals surface area contributed by atoms with Crippen molar-refractivity contribution >= 4 is 35.3 Å². The van der Waals surface area contributed by atoms with Gasteiger partial charge in [-0.15, -0.1) is 0 Å². The van der Waals surface area contributed by atoms with Gasteiger partial charge in [-0.25, -0.2) is 4.79 Å². The first-order chi connectivity index (χ1) is 17.4. The van der Waals surface area contributed by atoms with Crippen molar-refractivity contribution in [3.8, 4) is 0 Å². The van der Waals surface area contributed by atoms with E-state index in [9.17, 15) is 24.0 Å². The van der Waals surface area contributed by atoms with Crippen molar-refractivity contribution < 1.29 is 38.2 Å². The molecule has 2 fully saturated rings. The number of amides is 3. The molecule has 2 unspecified atom stereocenters. The number of anilines is 1. The Labute approximate surface area is 216 Å². The first-order valence-electron chi connectivity index (χ1n) is 12.3. The number of rotatable bonds is 7. The molecule has 0 aliphatic carbocycles. The lowest BCUT2D eigenvalue weighted by Gasteiger charge is -2.35. The van der Waals surface area contributed by atoms with Gasteiger partial charge in [-0.1, -0.05) is 6.07 Å². The van der Waals surface area contributed by atoms with Gasteiger partial charge in [-0.3, -0.25) is 19.2 Å². The molecule has 0 aromatic heterocycles. The van der Waals surface area contributed by atoms with Crippen molar-refractivity contribution in [2.45, 2.75) is 58.3 Å². The maximum Gasteiger partial charge on any atom is 0.351 e. The second-order valence-electron chi connectivity index (χ2n) is 10.1. The number of nitrogens with zero attached hydrogens (tertiary/aromatic N) is 3. The van der Waals surface area contributed by atoms with E-state index in [2.05, 4.69) is 0 Å². The molecule has 2 aliphatic heterocycles. The van der Waals surface area contributed by atoms with E-state index in [1.165, 1.54) is 9.80 Å². The molecule has 11 nitrogen and oxygen atoms in total. The first-order valence-corrected chi connectivity index (χ1v) is 12.3. The zero-order valence-corrected chi connectivity index (χ0v) is 22.0. The fraction of sp³-hybridized carbons (Fsp3) is 0.577. The zero-order chi connectivity index (χ0) is 27.3. The van der Waals surface area contributed by atoms with Gasteiger partial charge in [0.05, 0.1) is 13.2 Å². The van der Waals surface area contributed by atoms with Crippen molar-refractivity contribution in [2.75, 3.05) is 44.7 Å². The SMILES string of the molecule is CC(=O)OC(C(=O)OC(C)(C)C)C1OCCN(c2cccc(C(=O)N(C)CC(=O)N3CCCC3)c2)C1=O. The van der Waals surface area contributed by atoms with E-state index < -0.39 is 35.7 Å². The van der Waals surface area contributed by atoms with Gasteiger partial charge in [0.25, 0.3) is 11.8 Å². The Bertz CT molecular complexity index is 1040. The maximum absolute atomic E-state index is 13.4. The van der Waals surface area contributed by atoms with Gasteiger partial charge >= 0.3 is 11.9 Å². The van der Waals surface area contributed by atoms with Crippen LogP contribution in [0.5, 0.6) is 0 Å². The number of morpholine rings is 1. The quantitative estimate of drug-likeness (QED) is 0.497. The molecule has 202 valence electrons. The summed E-state index contributed by atoms with van der Waals surface area (Å²) in [6.07, 6.45) is -1.06. The fourth-order valence-electron chi connectivity index (χ4n) is 4.22. The van der Waals surface area contributed by atoms with Gasteiger partial charge in [0.2, 0.25) is 12.0 Å².